The van der Waals surface area contributed by atoms with Crippen LogP contribution in [0.15, 0.2) is 59.3 Å². The molecule has 0 saturated heterocycles. The number of nitrogens with zero attached hydrogens (tertiary/aromatic N) is 3. The van der Waals surface area contributed by atoms with Gasteiger partial charge in [0.2, 0.25) is 5.91 Å². The summed E-state index contributed by atoms with van der Waals surface area (Å²) < 4.78 is 5.61. The molecular weight excluding hydrogens is 637 g/mol. The smallest absolute Gasteiger partial charge is 0.271 e. The highest BCUT2D eigenvalue weighted by atomic mass is 32.1. The van der Waals surface area contributed by atoms with Crippen LogP contribution in [0.4, 0.5) is 0 Å². The second kappa shape index (κ2) is 14.4. The molecule has 0 saturated carbocycles. The number of nitrogens with one attached hydrogen (secondary N) is 3. The second-order valence-electron chi connectivity index (χ2n) is 11.9. The number of ether oxygens (including phenoxy) is 1. The molecule has 4 aromatic rings. The van der Waals surface area contributed by atoms with Gasteiger partial charge in [0.1, 0.15) is 27.2 Å². The first-order valence-corrected chi connectivity index (χ1v) is 17.4. The van der Waals surface area contributed by atoms with Crippen LogP contribution >= 0.6 is 22.7 Å². The van der Waals surface area contributed by atoms with Crippen molar-refractivity contribution in [2.75, 3.05) is 26.2 Å². The summed E-state index contributed by atoms with van der Waals surface area (Å²) in [6.45, 7) is 4.83. The minimum Gasteiger partial charge on any atom is -0.493 e. The van der Waals surface area contributed by atoms with Crippen molar-refractivity contribution in [1.82, 2.24) is 30.8 Å². The molecule has 0 radical (unpaired) electrons. The molecule has 4 bridgehead atoms. The van der Waals surface area contributed by atoms with Crippen LogP contribution in [0.2, 0.25) is 0 Å². The molecule has 2 aliphatic heterocycles. The van der Waals surface area contributed by atoms with Gasteiger partial charge in [0.25, 0.3) is 17.7 Å². The zero-order valence-corrected chi connectivity index (χ0v) is 27.8. The lowest BCUT2D eigenvalue weighted by atomic mass is 10.0. The Morgan fingerprint density at radius 1 is 0.979 bits per heavy atom. The first-order chi connectivity index (χ1) is 22.7. The Balaban J connectivity index is 1.31. The highest BCUT2D eigenvalue weighted by Crippen LogP contribution is 2.28. The molecule has 11 nitrogen and oxygen atoms in total. The molecule has 2 aliphatic rings. The van der Waals surface area contributed by atoms with Crippen LogP contribution in [-0.2, 0) is 17.6 Å². The highest BCUT2D eigenvalue weighted by Gasteiger charge is 2.28. The van der Waals surface area contributed by atoms with Crippen LogP contribution in [0.5, 0.6) is 5.75 Å². The van der Waals surface area contributed by atoms with E-state index in [1.54, 1.807) is 22.9 Å². The number of aromatic nitrogens is 2. The Hall–Kier alpha value is -4.62. The minimum absolute atomic E-state index is 0.0000564. The van der Waals surface area contributed by atoms with Gasteiger partial charge in [0.15, 0.2) is 0 Å². The van der Waals surface area contributed by atoms with Gasteiger partial charge in [-0.25, -0.2) is 9.97 Å². The van der Waals surface area contributed by atoms with Crippen LogP contribution in [-0.4, -0.2) is 64.7 Å². The zero-order valence-electron chi connectivity index (χ0n) is 26.2. The monoisotopic (exact) mass is 672 g/mol. The van der Waals surface area contributed by atoms with Crippen LogP contribution in [0.3, 0.4) is 0 Å². The quantitative estimate of drug-likeness (QED) is 0.293. The first-order valence-electron chi connectivity index (χ1n) is 15.6. The number of rotatable bonds is 4. The summed E-state index contributed by atoms with van der Waals surface area (Å²) >= 11 is 2.61. The molecule has 0 fully saturated rings. The number of benzene rings is 2. The third-order valence-corrected chi connectivity index (χ3v) is 9.98. The maximum atomic E-state index is 13.8. The molecule has 3 N–H and O–H groups in total. The first kappa shape index (κ1) is 32.3. The maximum absolute atomic E-state index is 13.8. The van der Waals surface area contributed by atoms with Gasteiger partial charge < -0.3 is 25.6 Å². The van der Waals surface area contributed by atoms with Crippen molar-refractivity contribution in [2.24, 2.45) is 5.92 Å². The maximum Gasteiger partial charge on any atom is 0.271 e. The lowest BCUT2D eigenvalue weighted by molar-refractivity contribution is -0.122. The average Bonchev–Trinajstić information content (AvgIpc) is 3.85. The fourth-order valence-corrected chi connectivity index (χ4v) is 7.47. The van der Waals surface area contributed by atoms with Gasteiger partial charge in [-0.3, -0.25) is 19.2 Å². The van der Waals surface area contributed by atoms with Crippen LogP contribution in [0.25, 0.3) is 0 Å². The summed E-state index contributed by atoms with van der Waals surface area (Å²) in [6, 6.07) is 14.1. The fourth-order valence-electron chi connectivity index (χ4n) is 5.60. The standard InChI is InChI=1S/C34H36N6O5S2/c1-20(2)29-33-38-25(18-47-33)30(42)35-12-6-13-40(34(44)23-9-10-27-22(16-23)11-14-45-27)17-28(41)36-24(15-21-7-4-3-5-8-21)32-37-26(19-46-32)31(43)39-29/h3-5,7-10,16,18-20,24,29H,6,11-15,17H2,1-2H3,(H,35,42)(H,36,41)(H,39,43)/t24-,29-/m0/s1. The summed E-state index contributed by atoms with van der Waals surface area (Å²) in [7, 11) is 0. The normalized spacial score (nSPS) is 19.0. The van der Waals surface area contributed by atoms with E-state index in [-0.39, 0.29) is 60.6 Å². The second-order valence-corrected chi connectivity index (χ2v) is 13.7. The van der Waals surface area contributed by atoms with Crippen LogP contribution in [0, 0.1) is 5.92 Å². The predicted octanol–water partition coefficient (Wildman–Crippen LogP) is 4.34. The number of thiazole rings is 2. The summed E-state index contributed by atoms with van der Waals surface area (Å²) in [6.07, 6.45) is 1.58. The Morgan fingerprint density at radius 3 is 2.51 bits per heavy atom. The third kappa shape index (κ3) is 7.68. The molecule has 0 unspecified atom stereocenters. The van der Waals surface area contributed by atoms with E-state index in [1.807, 2.05) is 50.2 Å². The van der Waals surface area contributed by atoms with Crippen molar-refractivity contribution in [1.29, 1.82) is 0 Å². The average molecular weight is 673 g/mol. The van der Waals surface area contributed by atoms with E-state index in [1.165, 1.54) is 27.6 Å². The molecule has 0 aliphatic carbocycles. The van der Waals surface area contributed by atoms with Crippen molar-refractivity contribution in [3.63, 3.8) is 0 Å². The number of carbonyl (C=O) groups excluding carboxylic acids is 4. The molecule has 2 atom stereocenters. The topological polar surface area (TPSA) is 143 Å². The largest absolute Gasteiger partial charge is 0.493 e. The summed E-state index contributed by atoms with van der Waals surface area (Å²) in [5.41, 5.74) is 2.90. The minimum atomic E-state index is -0.533. The molecule has 4 amide bonds. The Bertz CT molecular complexity index is 1770. The van der Waals surface area contributed by atoms with Crippen LogP contribution < -0.4 is 20.7 Å². The van der Waals surface area contributed by atoms with Gasteiger partial charge in [-0.1, -0.05) is 44.2 Å². The molecule has 2 aromatic heterocycles. The van der Waals surface area contributed by atoms with Crippen molar-refractivity contribution in [3.05, 3.63) is 97.4 Å². The lowest BCUT2D eigenvalue weighted by Crippen LogP contribution is -2.43. The number of fused-ring (bicyclic) bond motifs is 5. The predicted molar refractivity (Wildman–Crippen MR) is 179 cm³/mol. The van der Waals surface area contributed by atoms with E-state index in [4.69, 9.17) is 4.74 Å². The SMILES string of the molecule is CC(C)[C@@H]1NC(=O)c2csc(n2)[C@H](Cc2ccccc2)NC(=O)CN(C(=O)c2ccc3c(c2)CCO3)CCCNC(=O)c2csc1n2. The molecule has 0 spiro atoms. The number of carbonyl (C=O) groups is 4. The molecule has 244 valence electrons. The van der Waals surface area contributed by atoms with Gasteiger partial charge in [-0.05, 0) is 48.1 Å². The van der Waals surface area contributed by atoms with Gasteiger partial charge in [0.05, 0.1) is 25.2 Å². The summed E-state index contributed by atoms with van der Waals surface area (Å²) in [5, 5.41) is 13.6. The van der Waals surface area contributed by atoms with Crippen molar-refractivity contribution in [2.45, 2.75) is 45.2 Å². The van der Waals surface area contributed by atoms with Crippen molar-refractivity contribution >= 4 is 46.3 Å². The van der Waals surface area contributed by atoms with E-state index in [9.17, 15) is 19.2 Å². The van der Waals surface area contributed by atoms with E-state index in [2.05, 4.69) is 25.9 Å². The van der Waals surface area contributed by atoms with Gasteiger partial charge in [-0.15, -0.1) is 22.7 Å². The Morgan fingerprint density at radius 2 is 1.72 bits per heavy atom. The Kier molecular flexibility index (Phi) is 9.92. The third-order valence-electron chi connectivity index (χ3n) is 8.09. The molecule has 6 rings (SSSR count). The van der Waals surface area contributed by atoms with E-state index >= 15 is 0 Å². The Labute approximate surface area is 280 Å². The molecule has 13 heteroatoms. The van der Waals surface area contributed by atoms with E-state index in [0.29, 0.717) is 41.4 Å². The van der Waals surface area contributed by atoms with Crippen LogP contribution in [0.1, 0.15) is 84.8 Å². The number of hydrogen-bond donors (Lipinski definition) is 3. The van der Waals surface area contributed by atoms with Gasteiger partial charge in [0, 0.05) is 35.8 Å². The molecular formula is C34H36N6O5S2. The number of amides is 4. The van der Waals surface area contributed by atoms with Gasteiger partial charge >= 0.3 is 0 Å². The fraction of sp³-hybridized carbons (Fsp3) is 0.353. The van der Waals surface area contributed by atoms with E-state index < -0.39 is 12.1 Å². The van der Waals surface area contributed by atoms with Crippen molar-refractivity contribution in [3.8, 4) is 5.75 Å². The van der Waals surface area contributed by atoms with Crippen molar-refractivity contribution < 1.29 is 23.9 Å². The highest BCUT2D eigenvalue weighted by molar-refractivity contribution is 7.10. The summed E-state index contributed by atoms with van der Waals surface area (Å²) in [4.78, 5) is 64.6. The summed E-state index contributed by atoms with van der Waals surface area (Å²) in [5.74, 6) is -0.596. The molecule has 4 heterocycles. The van der Waals surface area contributed by atoms with Gasteiger partial charge in [-0.2, -0.15) is 0 Å². The number of hydrogen-bond acceptors (Lipinski definition) is 9. The lowest BCUT2D eigenvalue weighted by Gasteiger charge is -2.24. The molecule has 47 heavy (non-hydrogen) atoms. The molecule has 2 aromatic carbocycles. The zero-order chi connectivity index (χ0) is 32.9. The van der Waals surface area contributed by atoms with E-state index in [0.717, 1.165) is 16.9 Å².